The number of hydrogen-bond donors (Lipinski definition) is 1. The molecule has 2 nitrogen and oxygen atoms in total. The van der Waals surface area contributed by atoms with Gasteiger partial charge < -0.3 is 5.11 Å². The summed E-state index contributed by atoms with van der Waals surface area (Å²) >= 11 is 0. The average Bonchev–Trinajstić information content (AvgIpc) is 2.88. The molecule has 0 bridgehead atoms. The van der Waals surface area contributed by atoms with Gasteiger partial charge in [-0.15, -0.1) is 0 Å². The Kier molecular flexibility index (Phi) is 2.02. The van der Waals surface area contributed by atoms with Crippen molar-refractivity contribution in [1.82, 2.24) is 0 Å². The third-order valence-electron chi connectivity index (χ3n) is 2.66. The van der Waals surface area contributed by atoms with E-state index in [1.54, 1.807) is 12.1 Å². The van der Waals surface area contributed by atoms with Gasteiger partial charge in [0.25, 0.3) is 0 Å². The minimum absolute atomic E-state index is 0.118. The Bertz CT molecular complexity index is 387. The first kappa shape index (κ1) is 9.19. The van der Waals surface area contributed by atoms with E-state index in [0.29, 0.717) is 12.0 Å². The number of hydrogen-bond acceptors (Lipinski definition) is 1. The topological polar surface area (TPSA) is 37.3 Å². The van der Waals surface area contributed by atoms with E-state index in [2.05, 4.69) is 0 Å². The van der Waals surface area contributed by atoms with Crippen molar-refractivity contribution in [3.05, 3.63) is 35.1 Å². The van der Waals surface area contributed by atoms with E-state index in [0.717, 1.165) is 5.56 Å². The Morgan fingerprint density at radius 2 is 2.29 bits per heavy atom. The largest absolute Gasteiger partial charge is 0.481 e. The van der Waals surface area contributed by atoms with Gasteiger partial charge in [0, 0.05) is 5.92 Å². The lowest BCUT2D eigenvalue weighted by Crippen LogP contribution is -2.00. The molecule has 1 aromatic carbocycles. The number of carboxylic acid groups (broad SMARTS) is 1. The zero-order valence-electron chi connectivity index (χ0n) is 7.83. The number of benzene rings is 1. The Morgan fingerprint density at radius 1 is 1.57 bits per heavy atom. The van der Waals surface area contributed by atoms with Crippen molar-refractivity contribution in [2.75, 3.05) is 0 Å². The number of carbonyl (C=O) groups is 1. The first-order chi connectivity index (χ1) is 6.59. The quantitative estimate of drug-likeness (QED) is 0.784. The zero-order chi connectivity index (χ0) is 10.3. The van der Waals surface area contributed by atoms with Gasteiger partial charge in [0.15, 0.2) is 0 Å². The number of aliphatic carboxylic acids is 1. The highest BCUT2D eigenvalue weighted by Crippen LogP contribution is 2.48. The standard InChI is InChI=1S/C11H11FO2/c1-6-2-3-10(12)8(4-6)7-5-9(7)11(13)14/h2-4,7,9H,5H2,1H3,(H,13,14). The molecule has 3 heteroatoms. The summed E-state index contributed by atoms with van der Waals surface area (Å²) in [5, 5.41) is 8.72. The molecule has 0 amide bonds. The van der Waals surface area contributed by atoms with Crippen LogP contribution in [0.15, 0.2) is 18.2 Å². The predicted octanol–water partition coefficient (Wildman–Crippen LogP) is 2.32. The van der Waals surface area contributed by atoms with Gasteiger partial charge in [-0.2, -0.15) is 0 Å². The molecule has 0 heterocycles. The molecular weight excluding hydrogens is 183 g/mol. The summed E-state index contributed by atoms with van der Waals surface area (Å²) in [7, 11) is 0. The highest BCUT2D eigenvalue weighted by molar-refractivity contribution is 5.75. The Labute approximate surface area is 81.4 Å². The number of halogens is 1. The van der Waals surface area contributed by atoms with E-state index in [-0.39, 0.29) is 17.7 Å². The molecule has 0 saturated heterocycles. The Hall–Kier alpha value is -1.38. The predicted molar refractivity (Wildman–Crippen MR) is 49.6 cm³/mol. The molecule has 1 N–H and O–H groups in total. The molecule has 1 saturated carbocycles. The molecule has 0 aliphatic heterocycles. The molecule has 1 aliphatic rings. The maximum Gasteiger partial charge on any atom is 0.307 e. The van der Waals surface area contributed by atoms with Crippen molar-refractivity contribution in [3.8, 4) is 0 Å². The van der Waals surface area contributed by atoms with Crippen LogP contribution in [0, 0.1) is 18.7 Å². The monoisotopic (exact) mass is 194 g/mol. The van der Waals surface area contributed by atoms with Crippen molar-refractivity contribution in [1.29, 1.82) is 0 Å². The molecule has 0 radical (unpaired) electrons. The van der Waals surface area contributed by atoms with Crippen LogP contribution >= 0.6 is 0 Å². The van der Waals surface area contributed by atoms with Crippen LogP contribution in [0.1, 0.15) is 23.5 Å². The second kappa shape index (κ2) is 3.08. The molecule has 14 heavy (non-hydrogen) atoms. The minimum Gasteiger partial charge on any atom is -0.481 e. The first-order valence-electron chi connectivity index (χ1n) is 4.58. The highest BCUT2D eigenvalue weighted by Gasteiger charge is 2.45. The second-order valence-electron chi connectivity index (χ2n) is 3.81. The molecular formula is C11H11FO2. The Morgan fingerprint density at radius 3 is 2.86 bits per heavy atom. The van der Waals surface area contributed by atoms with Gasteiger partial charge in [0.1, 0.15) is 5.82 Å². The van der Waals surface area contributed by atoms with Crippen LogP contribution in [0.5, 0.6) is 0 Å². The third-order valence-corrected chi connectivity index (χ3v) is 2.66. The lowest BCUT2D eigenvalue weighted by Gasteiger charge is -2.02. The van der Waals surface area contributed by atoms with Crippen molar-refractivity contribution in [2.24, 2.45) is 5.92 Å². The van der Waals surface area contributed by atoms with Crippen LogP contribution in [0.4, 0.5) is 4.39 Å². The van der Waals surface area contributed by atoms with E-state index in [1.165, 1.54) is 6.07 Å². The zero-order valence-corrected chi connectivity index (χ0v) is 7.83. The highest BCUT2D eigenvalue weighted by atomic mass is 19.1. The second-order valence-corrected chi connectivity index (χ2v) is 3.81. The SMILES string of the molecule is Cc1ccc(F)c(C2CC2C(=O)O)c1. The van der Waals surface area contributed by atoms with E-state index in [4.69, 9.17) is 5.11 Å². The summed E-state index contributed by atoms with van der Waals surface area (Å²) in [6.07, 6.45) is 0.565. The summed E-state index contributed by atoms with van der Waals surface area (Å²) in [4.78, 5) is 10.6. The van der Waals surface area contributed by atoms with E-state index < -0.39 is 5.97 Å². The summed E-state index contributed by atoms with van der Waals surface area (Å²) in [6, 6.07) is 4.84. The van der Waals surface area contributed by atoms with Gasteiger partial charge in [0.05, 0.1) is 5.92 Å². The lowest BCUT2D eigenvalue weighted by molar-refractivity contribution is -0.138. The molecule has 2 rings (SSSR count). The smallest absolute Gasteiger partial charge is 0.307 e. The first-order valence-corrected chi connectivity index (χ1v) is 4.58. The molecule has 74 valence electrons. The summed E-state index contributed by atoms with van der Waals surface area (Å²) in [5.41, 5.74) is 1.52. The van der Waals surface area contributed by atoms with E-state index in [9.17, 15) is 9.18 Å². The van der Waals surface area contributed by atoms with Crippen molar-refractivity contribution in [2.45, 2.75) is 19.3 Å². The fourth-order valence-corrected chi connectivity index (χ4v) is 1.76. The molecule has 2 unspecified atom stereocenters. The van der Waals surface area contributed by atoms with E-state index in [1.807, 2.05) is 6.92 Å². The molecule has 1 fully saturated rings. The fraction of sp³-hybridized carbons (Fsp3) is 0.364. The number of aryl methyl sites for hydroxylation is 1. The van der Waals surface area contributed by atoms with Crippen LogP contribution in [0.2, 0.25) is 0 Å². The normalized spacial score (nSPS) is 24.7. The van der Waals surface area contributed by atoms with Crippen molar-refractivity contribution in [3.63, 3.8) is 0 Å². The number of carboxylic acids is 1. The summed E-state index contributed by atoms with van der Waals surface area (Å²) in [6.45, 7) is 1.88. The van der Waals surface area contributed by atoms with Crippen LogP contribution in [0.3, 0.4) is 0 Å². The summed E-state index contributed by atoms with van der Waals surface area (Å²) < 4.78 is 13.3. The molecule has 1 aliphatic carbocycles. The van der Waals surface area contributed by atoms with Gasteiger partial charge in [0.2, 0.25) is 0 Å². The van der Waals surface area contributed by atoms with Gasteiger partial charge >= 0.3 is 5.97 Å². The van der Waals surface area contributed by atoms with Crippen LogP contribution in [-0.2, 0) is 4.79 Å². The lowest BCUT2D eigenvalue weighted by atomic mass is 10.1. The van der Waals surface area contributed by atoms with Gasteiger partial charge in [-0.05, 0) is 25.0 Å². The van der Waals surface area contributed by atoms with Gasteiger partial charge in [-0.25, -0.2) is 4.39 Å². The molecule has 0 aromatic heterocycles. The van der Waals surface area contributed by atoms with E-state index >= 15 is 0 Å². The maximum absolute atomic E-state index is 13.3. The molecule has 2 atom stereocenters. The molecule has 1 aromatic rings. The van der Waals surface area contributed by atoms with Gasteiger partial charge in [-0.3, -0.25) is 4.79 Å². The molecule has 0 spiro atoms. The van der Waals surface area contributed by atoms with Crippen LogP contribution in [-0.4, -0.2) is 11.1 Å². The fourth-order valence-electron chi connectivity index (χ4n) is 1.76. The average molecular weight is 194 g/mol. The van der Waals surface area contributed by atoms with Crippen LogP contribution in [0.25, 0.3) is 0 Å². The van der Waals surface area contributed by atoms with Crippen molar-refractivity contribution >= 4 is 5.97 Å². The third kappa shape index (κ3) is 1.50. The minimum atomic E-state index is -0.823. The van der Waals surface area contributed by atoms with Crippen LogP contribution < -0.4 is 0 Å². The van der Waals surface area contributed by atoms with Crippen molar-refractivity contribution < 1.29 is 14.3 Å². The van der Waals surface area contributed by atoms with Gasteiger partial charge in [-0.1, -0.05) is 17.7 Å². The Balaban J connectivity index is 2.26. The maximum atomic E-state index is 13.3. The number of rotatable bonds is 2. The summed E-state index contributed by atoms with van der Waals surface area (Å²) in [5.74, 6) is -1.61.